The van der Waals surface area contributed by atoms with Gasteiger partial charge in [-0.1, -0.05) is 24.3 Å². The number of phenolic OH excluding ortho intramolecular Hbond substituents is 1. The predicted octanol–water partition coefficient (Wildman–Crippen LogP) is 3.14. The summed E-state index contributed by atoms with van der Waals surface area (Å²) in [6, 6.07) is 11.5. The second-order valence-electron chi connectivity index (χ2n) is 5.47. The lowest BCUT2D eigenvalue weighted by Gasteiger charge is -2.24. The monoisotopic (exact) mass is 284 g/mol. The molecule has 1 N–H and O–H groups in total. The summed E-state index contributed by atoms with van der Waals surface area (Å²) < 4.78 is 16.5. The maximum absolute atomic E-state index is 9.89. The summed E-state index contributed by atoms with van der Waals surface area (Å²) in [5, 5.41) is 9.89. The van der Waals surface area contributed by atoms with Gasteiger partial charge in [-0.15, -0.1) is 0 Å². The fraction of sp³-hybridized carbons (Fsp3) is 0.294. The Balaban J connectivity index is 1.70. The summed E-state index contributed by atoms with van der Waals surface area (Å²) in [4.78, 5) is 0. The zero-order valence-corrected chi connectivity index (χ0v) is 11.9. The third-order valence-corrected chi connectivity index (χ3v) is 4.14. The number of benzene rings is 2. The molecule has 0 spiro atoms. The van der Waals surface area contributed by atoms with Crippen molar-refractivity contribution >= 4 is 0 Å². The van der Waals surface area contributed by atoms with E-state index < -0.39 is 0 Å². The van der Waals surface area contributed by atoms with E-state index in [0.29, 0.717) is 5.75 Å². The molecule has 4 heteroatoms. The maximum atomic E-state index is 9.89. The Hall–Kier alpha value is -2.04. The van der Waals surface area contributed by atoms with E-state index in [9.17, 15) is 5.11 Å². The average molecular weight is 284 g/mol. The lowest BCUT2D eigenvalue weighted by atomic mass is 9.95. The second kappa shape index (κ2) is 4.48. The van der Waals surface area contributed by atoms with Crippen molar-refractivity contribution in [2.24, 2.45) is 0 Å². The highest BCUT2D eigenvalue weighted by Crippen LogP contribution is 2.42. The Bertz CT molecular complexity index is 710. The molecule has 0 saturated carbocycles. The first kappa shape index (κ1) is 12.7. The normalized spacial score (nSPS) is 25.9. The highest BCUT2D eigenvalue weighted by molar-refractivity contribution is 5.74. The number of ether oxygens (including phenoxy) is 3. The molecule has 2 fully saturated rings. The summed E-state index contributed by atoms with van der Waals surface area (Å²) in [5.41, 5.74) is 3.95. The Morgan fingerprint density at radius 3 is 2.33 bits per heavy atom. The van der Waals surface area contributed by atoms with Crippen LogP contribution < -0.4 is 4.74 Å². The van der Waals surface area contributed by atoms with E-state index in [1.807, 2.05) is 44.2 Å². The molecule has 4 nitrogen and oxygen atoms in total. The lowest BCUT2D eigenvalue weighted by Crippen LogP contribution is -2.38. The molecule has 2 aliphatic rings. The highest BCUT2D eigenvalue weighted by Gasteiger charge is 2.60. The second-order valence-corrected chi connectivity index (χ2v) is 5.47. The minimum absolute atomic E-state index is 0.0493. The van der Waals surface area contributed by atoms with Gasteiger partial charge >= 0.3 is 0 Å². The SMILES string of the molecule is Cc1c(O)cccc1-c1cccc(OC2OC3OC23)c1C. The van der Waals surface area contributed by atoms with E-state index in [1.54, 1.807) is 6.07 Å². The van der Waals surface area contributed by atoms with Gasteiger partial charge in [0, 0.05) is 0 Å². The number of aromatic hydroxyl groups is 1. The van der Waals surface area contributed by atoms with Crippen molar-refractivity contribution in [3.63, 3.8) is 0 Å². The summed E-state index contributed by atoms with van der Waals surface area (Å²) in [5.74, 6) is 1.09. The molecule has 2 aliphatic heterocycles. The first-order valence-electron chi connectivity index (χ1n) is 7.01. The zero-order chi connectivity index (χ0) is 14.6. The van der Waals surface area contributed by atoms with Crippen LogP contribution in [-0.4, -0.2) is 23.8 Å². The molecule has 0 aromatic heterocycles. The van der Waals surface area contributed by atoms with E-state index in [4.69, 9.17) is 14.2 Å². The number of phenols is 1. The van der Waals surface area contributed by atoms with Crippen LogP contribution in [0.1, 0.15) is 11.1 Å². The first-order valence-corrected chi connectivity index (χ1v) is 7.01. The van der Waals surface area contributed by atoms with Gasteiger partial charge in [-0.3, -0.25) is 0 Å². The molecule has 0 aliphatic carbocycles. The minimum atomic E-state index is -0.297. The predicted molar refractivity (Wildman–Crippen MR) is 77.2 cm³/mol. The molecule has 0 amide bonds. The van der Waals surface area contributed by atoms with Crippen LogP contribution in [0.15, 0.2) is 36.4 Å². The molecular formula is C17H16O4. The van der Waals surface area contributed by atoms with E-state index in [0.717, 1.165) is 28.0 Å². The summed E-state index contributed by atoms with van der Waals surface area (Å²) >= 11 is 0. The van der Waals surface area contributed by atoms with Gasteiger partial charge < -0.3 is 19.3 Å². The van der Waals surface area contributed by atoms with Gasteiger partial charge in [-0.05, 0) is 48.2 Å². The zero-order valence-electron chi connectivity index (χ0n) is 11.9. The smallest absolute Gasteiger partial charge is 0.233 e. The number of hydrogen-bond acceptors (Lipinski definition) is 4. The van der Waals surface area contributed by atoms with Crippen molar-refractivity contribution in [2.45, 2.75) is 32.5 Å². The summed E-state index contributed by atoms with van der Waals surface area (Å²) in [6.45, 7) is 3.92. The Kier molecular flexibility index (Phi) is 2.71. The van der Waals surface area contributed by atoms with Crippen LogP contribution in [0.3, 0.4) is 0 Å². The molecule has 3 atom stereocenters. The van der Waals surface area contributed by atoms with Gasteiger partial charge in [0.1, 0.15) is 11.5 Å². The minimum Gasteiger partial charge on any atom is -0.508 e. The van der Waals surface area contributed by atoms with Crippen molar-refractivity contribution in [3.05, 3.63) is 47.5 Å². The summed E-state index contributed by atoms with van der Waals surface area (Å²) in [7, 11) is 0. The molecule has 2 saturated heterocycles. The van der Waals surface area contributed by atoms with Gasteiger partial charge in [0.2, 0.25) is 6.29 Å². The molecule has 2 heterocycles. The molecular weight excluding hydrogens is 268 g/mol. The third kappa shape index (κ3) is 1.99. The van der Waals surface area contributed by atoms with E-state index in [-0.39, 0.29) is 18.7 Å². The molecule has 21 heavy (non-hydrogen) atoms. The average Bonchev–Trinajstić information content (AvgIpc) is 3.12. The quantitative estimate of drug-likeness (QED) is 0.880. The number of rotatable bonds is 3. The fourth-order valence-electron chi connectivity index (χ4n) is 2.70. The molecule has 2 aromatic carbocycles. The van der Waals surface area contributed by atoms with Crippen molar-refractivity contribution in [2.75, 3.05) is 0 Å². The van der Waals surface area contributed by atoms with Gasteiger partial charge in [0.25, 0.3) is 0 Å². The Labute approximate surface area is 122 Å². The van der Waals surface area contributed by atoms with Crippen molar-refractivity contribution in [3.8, 4) is 22.6 Å². The van der Waals surface area contributed by atoms with E-state index in [1.165, 1.54) is 0 Å². The van der Waals surface area contributed by atoms with Gasteiger partial charge in [-0.2, -0.15) is 0 Å². The molecule has 0 bridgehead atoms. The van der Waals surface area contributed by atoms with Crippen LogP contribution in [0.5, 0.6) is 11.5 Å². The van der Waals surface area contributed by atoms with Crippen LogP contribution in [0.25, 0.3) is 11.1 Å². The first-order chi connectivity index (χ1) is 10.1. The Morgan fingerprint density at radius 2 is 1.67 bits per heavy atom. The topological polar surface area (TPSA) is 51.2 Å². The van der Waals surface area contributed by atoms with Crippen LogP contribution in [-0.2, 0) is 9.47 Å². The van der Waals surface area contributed by atoms with Gasteiger partial charge in [-0.25, -0.2) is 0 Å². The van der Waals surface area contributed by atoms with Crippen LogP contribution >= 0.6 is 0 Å². The fourth-order valence-corrected chi connectivity index (χ4v) is 2.70. The number of epoxide rings is 1. The standard InChI is InChI=1S/C17H16O4/c1-9-11(5-3-7-13(9)18)12-6-4-8-14(10(12)2)19-16-15-17(20-15)21-16/h3-8,15-18H,1-2H3. The molecule has 2 aromatic rings. The molecule has 0 radical (unpaired) electrons. The molecule has 3 unspecified atom stereocenters. The van der Waals surface area contributed by atoms with Gasteiger partial charge in [0.05, 0.1) is 0 Å². The number of hydrogen-bond donors (Lipinski definition) is 1. The van der Waals surface area contributed by atoms with Crippen molar-refractivity contribution in [1.29, 1.82) is 0 Å². The Morgan fingerprint density at radius 1 is 0.952 bits per heavy atom. The highest BCUT2D eigenvalue weighted by atomic mass is 16.9. The molecule has 4 rings (SSSR count). The summed E-state index contributed by atoms with van der Waals surface area (Å²) in [6.07, 6.45) is -0.253. The van der Waals surface area contributed by atoms with E-state index in [2.05, 4.69) is 0 Å². The van der Waals surface area contributed by atoms with Crippen LogP contribution in [0.4, 0.5) is 0 Å². The lowest BCUT2D eigenvalue weighted by molar-refractivity contribution is -0.152. The van der Waals surface area contributed by atoms with Crippen molar-refractivity contribution in [1.82, 2.24) is 0 Å². The van der Waals surface area contributed by atoms with Crippen LogP contribution in [0, 0.1) is 13.8 Å². The molecule has 108 valence electrons. The van der Waals surface area contributed by atoms with Gasteiger partial charge in [0.15, 0.2) is 12.4 Å². The van der Waals surface area contributed by atoms with Crippen molar-refractivity contribution < 1.29 is 19.3 Å². The number of fused-ring (bicyclic) bond motifs is 1. The third-order valence-electron chi connectivity index (χ3n) is 4.14. The maximum Gasteiger partial charge on any atom is 0.233 e. The van der Waals surface area contributed by atoms with Crippen LogP contribution in [0.2, 0.25) is 0 Å². The van der Waals surface area contributed by atoms with E-state index >= 15 is 0 Å². The largest absolute Gasteiger partial charge is 0.508 e.